The van der Waals surface area contributed by atoms with Gasteiger partial charge in [0.15, 0.2) is 11.5 Å². The Morgan fingerprint density at radius 1 is 1.00 bits per heavy atom. The van der Waals surface area contributed by atoms with Crippen molar-refractivity contribution >= 4 is 44.6 Å². The molecule has 0 saturated carbocycles. The van der Waals surface area contributed by atoms with Gasteiger partial charge in [-0.3, -0.25) is 9.89 Å². The molecule has 1 aromatic heterocycles. The molecule has 8 heteroatoms. The van der Waals surface area contributed by atoms with E-state index in [1.807, 2.05) is 12.1 Å². The summed E-state index contributed by atoms with van der Waals surface area (Å²) in [7, 11) is 0. The number of hydrogen-bond acceptors (Lipinski definition) is 7. The van der Waals surface area contributed by atoms with Crippen LogP contribution in [0.15, 0.2) is 47.5 Å². The SMILES string of the molecule is [O-]C1=NC(Cc2ccc3c(c2)OCCO3)C(N2CCCC2)C2CN(c3ccc4cc(Cl)sc4c3)CC12. The van der Waals surface area contributed by atoms with Gasteiger partial charge < -0.3 is 19.5 Å². The zero-order valence-corrected chi connectivity index (χ0v) is 21.6. The van der Waals surface area contributed by atoms with Crippen molar-refractivity contribution in [2.45, 2.75) is 31.3 Å². The number of halogens is 1. The van der Waals surface area contributed by atoms with Gasteiger partial charge in [0.2, 0.25) is 0 Å². The fourth-order valence-electron chi connectivity index (χ4n) is 6.63. The molecule has 3 aromatic rings. The molecule has 2 aromatic carbocycles. The number of benzene rings is 2. The molecular formula is C28H29ClN3O3S-. The van der Waals surface area contributed by atoms with Crippen LogP contribution in [0.25, 0.3) is 10.1 Å². The van der Waals surface area contributed by atoms with Gasteiger partial charge in [0.05, 0.1) is 10.4 Å². The molecule has 4 aliphatic rings. The number of anilines is 1. The molecule has 4 aliphatic heterocycles. The molecule has 0 amide bonds. The third-order valence-electron chi connectivity index (χ3n) is 8.26. The van der Waals surface area contributed by atoms with Crippen molar-refractivity contribution in [3.05, 3.63) is 52.4 Å². The van der Waals surface area contributed by atoms with Crippen molar-refractivity contribution in [1.29, 1.82) is 0 Å². The fourth-order valence-corrected chi connectivity index (χ4v) is 7.82. The van der Waals surface area contributed by atoms with Crippen molar-refractivity contribution in [1.82, 2.24) is 4.90 Å². The molecule has 36 heavy (non-hydrogen) atoms. The summed E-state index contributed by atoms with van der Waals surface area (Å²) in [5.74, 6) is 1.90. The van der Waals surface area contributed by atoms with E-state index >= 15 is 0 Å². The van der Waals surface area contributed by atoms with Gasteiger partial charge >= 0.3 is 0 Å². The van der Waals surface area contributed by atoms with E-state index in [2.05, 4.69) is 40.1 Å². The van der Waals surface area contributed by atoms with Gasteiger partial charge in [0.1, 0.15) is 13.2 Å². The zero-order chi connectivity index (χ0) is 24.2. The van der Waals surface area contributed by atoms with Crippen molar-refractivity contribution in [2.75, 3.05) is 44.3 Å². The minimum atomic E-state index is -0.0465. The van der Waals surface area contributed by atoms with Gasteiger partial charge in [-0.15, -0.1) is 11.3 Å². The maximum absolute atomic E-state index is 13.4. The van der Waals surface area contributed by atoms with Gasteiger partial charge in [-0.25, -0.2) is 0 Å². The average Bonchev–Trinajstić information content (AvgIpc) is 3.63. The number of aliphatic imine (C=N–C) groups is 1. The molecule has 2 fully saturated rings. The number of fused-ring (bicyclic) bond motifs is 3. The van der Waals surface area contributed by atoms with Crippen molar-refractivity contribution in [3.63, 3.8) is 0 Å². The molecule has 0 N–H and O–H groups in total. The van der Waals surface area contributed by atoms with E-state index in [9.17, 15) is 5.11 Å². The number of thiophene rings is 1. The molecule has 5 heterocycles. The first-order chi connectivity index (χ1) is 17.6. The van der Waals surface area contributed by atoms with Crippen LogP contribution in [0.1, 0.15) is 18.4 Å². The minimum Gasteiger partial charge on any atom is -0.862 e. The van der Waals surface area contributed by atoms with E-state index in [-0.39, 0.29) is 29.8 Å². The molecule has 188 valence electrons. The summed E-state index contributed by atoms with van der Waals surface area (Å²) < 4.78 is 13.5. The van der Waals surface area contributed by atoms with Gasteiger partial charge in [-0.05, 0) is 79.5 Å². The summed E-state index contributed by atoms with van der Waals surface area (Å²) in [6.07, 6.45) is 3.18. The Bertz CT molecular complexity index is 1320. The first-order valence-corrected chi connectivity index (χ1v) is 14.1. The lowest BCUT2D eigenvalue weighted by atomic mass is 9.79. The molecule has 0 bridgehead atoms. The summed E-state index contributed by atoms with van der Waals surface area (Å²) in [6.45, 7) is 4.96. The highest BCUT2D eigenvalue weighted by atomic mass is 35.5. The normalized spacial score (nSPS) is 27.9. The predicted octanol–water partition coefficient (Wildman–Crippen LogP) is 4.23. The Morgan fingerprint density at radius 3 is 2.69 bits per heavy atom. The smallest absolute Gasteiger partial charge is 0.161 e. The molecule has 6 nitrogen and oxygen atoms in total. The maximum Gasteiger partial charge on any atom is 0.161 e. The molecule has 4 atom stereocenters. The molecular weight excluding hydrogens is 494 g/mol. The number of ether oxygens (including phenoxy) is 2. The Morgan fingerprint density at radius 2 is 1.83 bits per heavy atom. The molecule has 2 saturated heterocycles. The van der Waals surface area contributed by atoms with Crippen molar-refractivity contribution in [2.24, 2.45) is 16.8 Å². The second-order valence-corrected chi connectivity index (χ2v) is 12.1. The standard InChI is InChI=1S/C28H30ClN3O3S/c29-26-13-18-4-5-19(14-25(18)36-26)32-15-20-21(16-32)28(33)30-22(27(20)31-7-1-2-8-31)11-17-3-6-23-24(12-17)35-10-9-34-23/h3-6,12-14,20-22,27H,1-2,7-11,15-16H2,(H,30,33)/p-1. The molecule has 0 radical (unpaired) electrons. The Hall–Kier alpha value is -2.48. The first kappa shape index (κ1) is 22.7. The molecule has 4 unspecified atom stereocenters. The Kier molecular flexibility index (Phi) is 5.75. The number of likely N-dealkylation sites (tertiary alicyclic amines) is 1. The third-order valence-corrected chi connectivity index (χ3v) is 9.49. The van der Waals surface area contributed by atoms with E-state index in [0.717, 1.165) is 54.0 Å². The van der Waals surface area contributed by atoms with E-state index in [1.54, 1.807) is 11.3 Å². The maximum atomic E-state index is 13.4. The van der Waals surface area contributed by atoms with Crippen LogP contribution in [0.3, 0.4) is 0 Å². The van der Waals surface area contributed by atoms with Crippen LogP contribution < -0.4 is 19.5 Å². The van der Waals surface area contributed by atoms with Crippen LogP contribution in [-0.2, 0) is 6.42 Å². The van der Waals surface area contributed by atoms with Crippen LogP contribution in [-0.4, -0.2) is 62.3 Å². The van der Waals surface area contributed by atoms with Crippen molar-refractivity contribution < 1.29 is 14.6 Å². The van der Waals surface area contributed by atoms with Crippen LogP contribution in [0.2, 0.25) is 4.34 Å². The number of hydrogen-bond donors (Lipinski definition) is 0. The lowest BCUT2D eigenvalue weighted by Gasteiger charge is -2.44. The van der Waals surface area contributed by atoms with Crippen LogP contribution in [0.5, 0.6) is 11.5 Å². The summed E-state index contributed by atoms with van der Waals surface area (Å²) >= 11 is 7.86. The highest BCUT2D eigenvalue weighted by Crippen LogP contribution is 2.41. The second-order valence-electron chi connectivity index (χ2n) is 10.4. The van der Waals surface area contributed by atoms with E-state index in [0.29, 0.717) is 13.2 Å². The average molecular weight is 523 g/mol. The molecule has 0 spiro atoms. The lowest BCUT2D eigenvalue weighted by Crippen LogP contribution is -2.55. The highest BCUT2D eigenvalue weighted by Gasteiger charge is 2.47. The summed E-state index contributed by atoms with van der Waals surface area (Å²) in [5, 5.41) is 14.6. The van der Waals surface area contributed by atoms with Gasteiger partial charge in [-0.1, -0.05) is 23.7 Å². The number of rotatable bonds is 4. The highest BCUT2D eigenvalue weighted by molar-refractivity contribution is 7.22. The Balaban J connectivity index is 1.18. The van der Waals surface area contributed by atoms with Crippen LogP contribution in [0, 0.1) is 11.8 Å². The lowest BCUT2D eigenvalue weighted by molar-refractivity contribution is -0.228. The quantitative estimate of drug-likeness (QED) is 0.513. The minimum absolute atomic E-state index is 0.0436. The van der Waals surface area contributed by atoms with E-state index in [4.69, 9.17) is 26.1 Å². The largest absolute Gasteiger partial charge is 0.862 e. The third kappa shape index (κ3) is 4.01. The van der Waals surface area contributed by atoms with Gasteiger partial charge in [0, 0.05) is 41.4 Å². The van der Waals surface area contributed by atoms with E-state index in [1.165, 1.54) is 28.6 Å². The zero-order valence-electron chi connectivity index (χ0n) is 20.1. The summed E-state index contributed by atoms with van der Waals surface area (Å²) in [5.41, 5.74) is 2.32. The van der Waals surface area contributed by atoms with Gasteiger partial charge in [-0.2, -0.15) is 0 Å². The van der Waals surface area contributed by atoms with E-state index < -0.39 is 0 Å². The van der Waals surface area contributed by atoms with Crippen LogP contribution >= 0.6 is 22.9 Å². The van der Waals surface area contributed by atoms with Crippen molar-refractivity contribution in [3.8, 4) is 11.5 Å². The second kappa shape index (κ2) is 9.12. The fraction of sp³-hybridized carbons (Fsp3) is 0.464. The van der Waals surface area contributed by atoms with Gasteiger partial charge in [0.25, 0.3) is 0 Å². The van der Waals surface area contributed by atoms with Crippen LogP contribution in [0.4, 0.5) is 5.69 Å². The number of nitrogens with zero attached hydrogens (tertiary/aromatic N) is 3. The Labute approximate surface area is 220 Å². The predicted molar refractivity (Wildman–Crippen MR) is 143 cm³/mol. The topological polar surface area (TPSA) is 60.4 Å². The molecule has 7 rings (SSSR count). The summed E-state index contributed by atoms with van der Waals surface area (Å²) in [6, 6.07) is 14.9. The monoisotopic (exact) mass is 522 g/mol. The summed E-state index contributed by atoms with van der Waals surface area (Å²) in [4.78, 5) is 9.85. The molecule has 0 aliphatic carbocycles. The first-order valence-electron chi connectivity index (χ1n) is 12.9.